The van der Waals surface area contributed by atoms with E-state index in [1.165, 1.54) is 17.0 Å². The molecule has 204 valence electrons. The molecule has 1 aliphatic heterocycles. The molecule has 1 amide bonds. The molecular formula is C28H35FN4O5. The number of nitrogens with two attached hydrogens (primary N) is 1. The second-order valence-corrected chi connectivity index (χ2v) is 11.1. The minimum absolute atomic E-state index is 0.0408. The van der Waals surface area contributed by atoms with E-state index >= 15 is 0 Å². The number of aryl methyl sites for hydroxylation is 2. The molecular weight excluding hydrogens is 491 g/mol. The van der Waals surface area contributed by atoms with Crippen LogP contribution >= 0.6 is 0 Å². The number of carboxylic acid groups (broad SMARTS) is 1. The summed E-state index contributed by atoms with van der Waals surface area (Å²) in [5, 5.41) is 15.1. The first-order valence-corrected chi connectivity index (χ1v) is 12.7. The minimum Gasteiger partial charge on any atom is -0.486 e. The molecule has 3 N–H and O–H groups in total. The van der Waals surface area contributed by atoms with Gasteiger partial charge < -0.3 is 20.3 Å². The van der Waals surface area contributed by atoms with E-state index in [1.54, 1.807) is 50.6 Å². The molecule has 1 aliphatic rings. The monoisotopic (exact) mass is 526 g/mol. The maximum Gasteiger partial charge on any atom is 0.411 e. The SMILES string of the molecule is Cn1nc2cc(F)cc(-c3cccc(O[C@@]4(C)C[C@@H](C(=O)O)N(C(=O)OC(C)(C)C)C4)c3)c2c1CCCN. The lowest BCUT2D eigenvalue weighted by molar-refractivity contribution is -0.142. The fourth-order valence-electron chi connectivity index (χ4n) is 5.02. The molecule has 0 bridgehead atoms. The number of benzene rings is 2. The van der Waals surface area contributed by atoms with Crippen molar-refractivity contribution in [3.63, 3.8) is 0 Å². The molecule has 2 heterocycles. The van der Waals surface area contributed by atoms with Crippen molar-refractivity contribution >= 4 is 23.0 Å². The zero-order chi connectivity index (χ0) is 27.8. The number of nitrogens with zero attached hydrogens (tertiary/aromatic N) is 3. The van der Waals surface area contributed by atoms with E-state index in [2.05, 4.69) is 5.10 Å². The van der Waals surface area contributed by atoms with Crippen molar-refractivity contribution < 1.29 is 28.6 Å². The Bertz CT molecular complexity index is 1370. The number of carbonyl (C=O) groups is 2. The predicted octanol–water partition coefficient (Wildman–Crippen LogP) is 4.50. The zero-order valence-electron chi connectivity index (χ0n) is 22.5. The number of hydrogen-bond donors (Lipinski definition) is 2. The number of aromatic nitrogens is 2. The maximum atomic E-state index is 14.6. The average Bonchev–Trinajstić information content (AvgIpc) is 3.32. The van der Waals surface area contributed by atoms with Crippen LogP contribution in [0.5, 0.6) is 5.75 Å². The number of halogens is 1. The van der Waals surface area contributed by atoms with Gasteiger partial charge in [-0.05, 0) is 76.4 Å². The summed E-state index contributed by atoms with van der Waals surface area (Å²) in [4.78, 5) is 25.9. The number of carboxylic acids is 1. The molecule has 38 heavy (non-hydrogen) atoms. The molecule has 2 aromatic carbocycles. The van der Waals surface area contributed by atoms with Crippen molar-refractivity contribution in [2.45, 2.75) is 64.2 Å². The second kappa shape index (κ2) is 10.2. The van der Waals surface area contributed by atoms with E-state index in [-0.39, 0.29) is 13.0 Å². The van der Waals surface area contributed by atoms with Gasteiger partial charge in [-0.3, -0.25) is 9.58 Å². The summed E-state index contributed by atoms with van der Waals surface area (Å²) in [6, 6.07) is 9.04. The Hall–Kier alpha value is -3.66. The molecule has 10 heteroatoms. The van der Waals surface area contributed by atoms with Crippen LogP contribution in [0.1, 0.15) is 46.2 Å². The van der Waals surface area contributed by atoms with Crippen LogP contribution in [-0.4, -0.2) is 62.2 Å². The molecule has 1 aromatic heterocycles. The van der Waals surface area contributed by atoms with Crippen LogP contribution in [0.15, 0.2) is 36.4 Å². The van der Waals surface area contributed by atoms with Gasteiger partial charge >= 0.3 is 12.1 Å². The van der Waals surface area contributed by atoms with Crippen LogP contribution in [0.25, 0.3) is 22.0 Å². The zero-order valence-corrected chi connectivity index (χ0v) is 22.5. The second-order valence-electron chi connectivity index (χ2n) is 11.1. The van der Waals surface area contributed by atoms with E-state index in [1.807, 2.05) is 13.1 Å². The number of hydrogen-bond acceptors (Lipinski definition) is 6. The van der Waals surface area contributed by atoms with E-state index in [0.29, 0.717) is 29.8 Å². The van der Waals surface area contributed by atoms with Crippen LogP contribution in [0, 0.1) is 5.82 Å². The van der Waals surface area contributed by atoms with E-state index in [0.717, 1.165) is 23.1 Å². The van der Waals surface area contributed by atoms with Gasteiger partial charge in [-0.25, -0.2) is 14.0 Å². The van der Waals surface area contributed by atoms with Crippen LogP contribution in [0.2, 0.25) is 0 Å². The summed E-state index contributed by atoms with van der Waals surface area (Å²) in [6.07, 6.45) is 0.857. The topological polar surface area (TPSA) is 120 Å². The third kappa shape index (κ3) is 5.75. The number of aliphatic carboxylic acids is 1. The molecule has 0 unspecified atom stereocenters. The van der Waals surface area contributed by atoms with Gasteiger partial charge in [0.1, 0.15) is 28.8 Å². The highest BCUT2D eigenvalue weighted by molar-refractivity contribution is 5.97. The average molecular weight is 527 g/mol. The number of carbonyl (C=O) groups excluding carboxylic acids is 1. The molecule has 1 saturated heterocycles. The van der Waals surface area contributed by atoms with Gasteiger partial charge in [0.05, 0.1) is 12.1 Å². The molecule has 1 fully saturated rings. The smallest absolute Gasteiger partial charge is 0.411 e. The van der Waals surface area contributed by atoms with E-state index in [9.17, 15) is 19.1 Å². The van der Waals surface area contributed by atoms with Crippen molar-refractivity contribution in [1.82, 2.24) is 14.7 Å². The van der Waals surface area contributed by atoms with Gasteiger partial charge in [0.2, 0.25) is 0 Å². The highest BCUT2D eigenvalue weighted by Gasteiger charge is 2.49. The Labute approximate surface area is 221 Å². The van der Waals surface area contributed by atoms with Gasteiger partial charge in [-0.2, -0.15) is 5.10 Å². The summed E-state index contributed by atoms with van der Waals surface area (Å²) in [5.74, 6) is -1.05. The Morgan fingerprint density at radius 1 is 1.26 bits per heavy atom. The lowest BCUT2D eigenvalue weighted by Crippen LogP contribution is -2.44. The molecule has 4 rings (SSSR count). The van der Waals surface area contributed by atoms with E-state index in [4.69, 9.17) is 15.2 Å². The molecule has 0 spiro atoms. The number of amides is 1. The normalized spacial score (nSPS) is 19.7. The predicted molar refractivity (Wildman–Crippen MR) is 141 cm³/mol. The highest BCUT2D eigenvalue weighted by Crippen LogP contribution is 2.37. The van der Waals surface area contributed by atoms with Crippen LogP contribution in [-0.2, 0) is 23.0 Å². The largest absolute Gasteiger partial charge is 0.486 e. The third-order valence-corrected chi connectivity index (χ3v) is 6.57. The summed E-state index contributed by atoms with van der Waals surface area (Å²) in [6.45, 7) is 7.52. The molecule has 0 aliphatic carbocycles. The number of ether oxygens (including phenoxy) is 2. The number of fused-ring (bicyclic) bond motifs is 1. The van der Waals surface area contributed by atoms with E-state index < -0.39 is 35.1 Å². The van der Waals surface area contributed by atoms with Gasteiger partial charge in [0.15, 0.2) is 0 Å². The summed E-state index contributed by atoms with van der Waals surface area (Å²) in [5.41, 5.74) is 6.93. The maximum absolute atomic E-state index is 14.6. The Kier molecular flexibility index (Phi) is 7.38. The highest BCUT2D eigenvalue weighted by atomic mass is 19.1. The quantitative estimate of drug-likeness (QED) is 0.465. The standard InChI is InChI=1S/C28H35FN4O5/c1-27(2,3)38-26(36)33-16-28(4,15-23(33)25(34)35)37-19-9-6-8-17(12-19)20-13-18(29)14-21-24(20)22(10-7-11-30)32(5)31-21/h6,8-9,12-14,23H,7,10-11,15-16,30H2,1-5H3,(H,34,35)/t23-,28-/m0/s1. The third-order valence-electron chi connectivity index (χ3n) is 6.57. The van der Waals surface area contributed by atoms with Crippen LogP contribution in [0.4, 0.5) is 9.18 Å². The summed E-state index contributed by atoms with van der Waals surface area (Å²) >= 11 is 0. The van der Waals surface area contributed by atoms with Crippen molar-refractivity contribution in [3.8, 4) is 16.9 Å². The first kappa shape index (κ1) is 27.4. The fourth-order valence-corrected chi connectivity index (χ4v) is 5.02. The summed E-state index contributed by atoms with van der Waals surface area (Å²) < 4.78 is 28.1. The number of likely N-dealkylation sites (tertiary alicyclic amines) is 1. The van der Waals surface area contributed by atoms with Gasteiger partial charge in [0.25, 0.3) is 0 Å². The molecule has 2 atom stereocenters. The lowest BCUT2D eigenvalue weighted by Gasteiger charge is -2.28. The molecule has 9 nitrogen and oxygen atoms in total. The summed E-state index contributed by atoms with van der Waals surface area (Å²) in [7, 11) is 1.84. The first-order chi connectivity index (χ1) is 17.8. The van der Waals surface area contributed by atoms with Crippen molar-refractivity contribution in [2.75, 3.05) is 13.1 Å². The lowest BCUT2D eigenvalue weighted by atomic mass is 9.98. The molecule has 0 saturated carbocycles. The van der Waals surface area contributed by atoms with Crippen molar-refractivity contribution in [3.05, 3.63) is 47.9 Å². The number of rotatable bonds is 7. The molecule has 3 aromatic rings. The fraction of sp³-hybridized carbons (Fsp3) is 0.464. The first-order valence-electron chi connectivity index (χ1n) is 12.7. The van der Waals surface area contributed by atoms with Gasteiger partial charge in [0, 0.05) is 30.6 Å². The minimum atomic E-state index is -1.12. The Morgan fingerprint density at radius 3 is 2.66 bits per heavy atom. The van der Waals surface area contributed by atoms with Crippen molar-refractivity contribution in [1.29, 1.82) is 0 Å². The van der Waals surface area contributed by atoms with Crippen LogP contribution in [0.3, 0.4) is 0 Å². The Morgan fingerprint density at radius 2 is 2.00 bits per heavy atom. The van der Waals surface area contributed by atoms with Crippen LogP contribution < -0.4 is 10.5 Å². The van der Waals surface area contributed by atoms with Crippen molar-refractivity contribution in [2.24, 2.45) is 12.8 Å². The Balaban J connectivity index is 1.66. The van der Waals surface area contributed by atoms with Gasteiger partial charge in [-0.15, -0.1) is 0 Å². The molecule has 0 radical (unpaired) electrons. The van der Waals surface area contributed by atoms with Gasteiger partial charge in [-0.1, -0.05) is 12.1 Å².